The number of esters is 1. The Morgan fingerprint density at radius 3 is 2.33 bits per heavy atom. The molecule has 0 aliphatic heterocycles. The Hall–Kier alpha value is -2.53. The van der Waals surface area contributed by atoms with Crippen molar-refractivity contribution in [3.05, 3.63) is 65.2 Å². The Balaban J connectivity index is 1.90. The maximum atomic E-state index is 12.3. The van der Waals surface area contributed by atoms with Gasteiger partial charge in [-0.25, -0.2) is 0 Å². The van der Waals surface area contributed by atoms with Gasteiger partial charge in [0.05, 0.1) is 31.6 Å². The minimum atomic E-state index is -0.444. The van der Waals surface area contributed by atoms with Gasteiger partial charge in [0.25, 0.3) is 0 Å². The highest BCUT2D eigenvalue weighted by Gasteiger charge is 2.20. The molecule has 0 bridgehead atoms. The lowest BCUT2D eigenvalue weighted by molar-refractivity contribution is -0.148. The molecule has 0 fully saturated rings. The van der Waals surface area contributed by atoms with E-state index in [1.165, 1.54) is 0 Å². The van der Waals surface area contributed by atoms with Gasteiger partial charge in [0.15, 0.2) is 0 Å². The van der Waals surface area contributed by atoms with Gasteiger partial charge in [-0.1, -0.05) is 41.9 Å². The normalized spacial score (nSPS) is 11.7. The van der Waals surface area contributed by atoms with Gasteiger partial charge in [0.1, 0.15) is 5.75 Å². The third-order valence-electron chi connectivity index (χ3n) is 3.69. The number of hydrogen-bond donors (Lipinski definition) is 1. The Morgan fingerprint density at radius 2 is 1.70 bits per heavy atom. The standard InChI is InChI=1S/C21H24ClNO4/c1-15(2)27-21(25)14-19(16-6-4-3-5-7-16)23-20(24)12-13-26-18-10-8-17(22)9-11-18/h3-11,15,19H,12-14H2,1-2H3,(H,23,24). The first-order valence-electron chi connectivity index (χ1n) is 8.86. The predicted molar refractivity (Wildman–Crippen MR) is 105 cm³/mol. The molecule has 0 radical (unpaired) electrons. The number of carbonyl (C=O) groups is 2. The first-order valence-corrected chi connectivity index (χ1v) is 9.24. The molecular formula is C21H24ClNO4. The summed E-state index contributed by atoms with van der Waals surface area (Å²) < 4.78 is 10.7. The van der Waals surface area contributed by atoms with E-state index in [4.69, 9.17) is 21.1 Å². The van der Waals surface area contributed by atoms with Crippen LogP contribution >= 0.6 is 11.6 Å². The van der Waals surface area contributed by atoms with Crippen LogP contribution in [0.25, 0.3) is 0 Å². The van der Waals surface area contributed by atoms with Crippen LogP contribution in [0.3, 0.4) is 0 Å². The summed E-state index contributed by atoms with van der Waals surface area (Å²) in [6, 6.07) is 15.9. The SMILES string of the molecule is CC(C)OC(=O)CC(NC(=O)CCOc1ccc(Cl)cc1)c1ccccc1. The Morgan fingerprint density at radius 1 is 1.04 bits per heavy atom. The second kappa shape index (κ2) is 10.6. The number of nitrogens with one attached hydrogen (secondary N) is 1. The minimum absolute atomic E-state index is 0.0754. The number of hydrogen-bond acceptors (Lipinski definition) is 4. The van der Waals surface area contributed by atoms with Crippen LogP contribution in [0.5, 0.6) is 5.75 Å². The zero-order chi connectivity index (χ0) is 19.6. The Bertz CT molecular complexity index is 732. The smallest absolute Gasteiger partial charge is 0.308 e. The van der Waals surface area contributed by atoms with Gasteiger partial charge in [-0.05, 0) is 43.7 Å². The fourth-order valence-corrected chi connectivity index (χ4v) is 2.60. The summed E-state index contributed by atoms with van der Waals surface area (Å²) in [5, 5.41) is 3.52. The second-order valence-electron chi connectivity index (χ2n) is 6.33. The van der Waals surface area contributed by atoms with Crippen molar-refractivity contribution in [2.45, 2.75) is 38.8 Å². The Kier molecular flexibility index (Phi) is 8.14. The molecule has 0 saturated carbocycles. The van der Waals surface area contributed by atoms with Crippen LogP contribution in [0, 0.1) is 0 Å². The second-order valence-corrected chi connectivity index (χ2v) is 6.76. The van der Waals surface area contributed by atoms with Crippen molar-refractivity contribution < 1.29 is 19.1 Å². The molecule has 1 unspecified atom stereocenters. The number of ether oxygens (including phenoxy) is 2. The van der Waals surface area contributed by atoms with Crippen molar-refractivity contribution in [3.63, 3.8) is 0 Å². The molecule has 6 heteroatoms. The van der Waals surface area contributed by atoms with Crippen LogP contribution in [0.15, 0.2) is 54.6 Å². The molecular weight excluding hydrogens is 366 g/mol. The molecule has 144 valence electrons. The lowest BCUT2D eigenvalue weighted by Crippen LogP contribution is -2.31. The molecule has 0 aliphatic rings. The van der Waals surface area contributed by atoms with Crippen molar-refractivity contribution in [2.24, 2.45) is 0 Å². The van der Waals surface area contributed by atoms with Gasteiger partial charge < -0.3 is 14.8 Å². The summed E-state index contributed by atoms with van der Waals surface area (Å²) in [6.45, 7) is 3.82. The van der Waals surface area contributed by atoms with Crippen LogP contribution in [0.2, 0.25) is 5.02 Å². The van der Waals surface area contributed by atoms with Crippen LogP contribution < -0.4 is 10.1 Å². The van der Waals surface area contributed by atoms with Crippen molar-refractivity contribution in [2.75, 3.05) is 6.61 Å². The molecule has 0 aliphatic carbocycles. The molecule has 1 amide bonds. The molecule has 5 nitrogen and oxygen atoms in total. The quantitative estimate of drug-likeness (QED) is 0.649. The van der Waals surface area contributed by atoms with Gasteiger partial charge in [-0.15, -0.1) is 0 Å². The van der Waals surface area contributed by atoms with Crippen LogP contribution in [0.1, 0.15) is 38.3 Å². The summed E-state index contributed by atoms with van der Waals surface area (Å²) in [6.07, 6.45) is 0.0503. The molecule has 0 heterocycles. The van der Waals surface area contributed by atoms with E-state index in [0.717, 1.165) is 5.56 Å². The molecule has 2 aromatic carbocycles. The fourth-order valence-electron chi connectivity index (χ4n) is 2.47. The van der Waals surface area contributed by atoms with Crippen LogP contribution in [0.4, 0.5) is 0 Å². The number of benzene rings is 2. The minimum Gasteiger partial charge on any atom is -0.493 e. The van der Waals surface area contributed by atoms with E-state index >= 15 is 0 Å². The number of halogens is 1. The molecule has 2 aromatic rings. The highest BCUT2D eigenvalue weighted by molar-refractivity contribution is 6.30. The lowest BCUT2D eigenvalue weighted by atomic mass is 10.0. The Labute approximate surface area is 164 Å². The topological polar surface area (TPSA) is 64.6 Å². The maximum absolute atomic E-state index is 12.3. The van der Waals surface area contributed by atoms with Gasteiger partial charge in [0, 0.05) is 5.02 Å². The largest absolute Gasteiger partial charge is 0.493 e. The molecule has 0 saturated heterocycles. The van der Waals surface area contributed by atoms with Crippen LogP contribution in [-0.4, -0.2) is 24.6 Å². The van der Waals surface area contributed by atoms with Crippen molar-refractivity contribution in [3.8, 4) is 5.75 Å². The van der Waals surface area contributed by atoms with Gasteiger partial charge >= 0.3 is 5.97 Å². The molecule has 27 heavy (non-hydrogen) atoms. The number of carbonyl (C=O) groups excluding carboxylic acids is 2. The average molecular weight is 390 g/mol. The molecule has 0 aromatic heterocycles. The summed E-state index contributed by atoms with van der Waals surface area (Å²) in [5.41, 5.74) is 0.852. The van der Waals surface area contributed by atoms with Crippen molar-refractivity contribution in [1.29, 1.82) is 0 Å². The van der Waals surface area contributed by atoms with E-state index in [-0.39, 0.29) is 37.4 Å². The van der Waals surface area contributed by atoms with Gasteiger partial charge in [0.2, 0.25) is 5.91 Å². The highest BCUT2D eigenvalue weighted by atomic mass is 35.5. The first-order chi connectivity index (χ1) is 12.9. The summed E-state index contributed by atoms with van der Waals surface area (Å²) in [5.74, 6) is 0.0963. The molecule has 1 atom stereocenters. The van der Waals surface area contributed by atoms with Gasteiger partial charge in [-0.3, -0.25) is 9.59 Å². The molecule has 1 N–H and O–H groups in total. The lowest BCUT2D eigenvalue weighted by Gasteiger charge is -2.19. The van der Waals surface area contributed by atoms with Crippen molar-refractivity contribution in [1.82, 2.24) is 5.32 Å². The zero-order valence-electron chi connectivity index (χ0n) is 15.5. The summed E-state index contributed by atoms with van der Waals surface area (Å²) in [7, 11) is 0. The van der Waals surface area contributed by atoms with Crippen molar-refractivity contribution >= 4 is 23.5 Å². The van der Waals surface area contributed by atoms with Gasteiger partial charge in [-0.2, -0.15) is 0 Å². The maximum Gasteiger partial charge on any atom is 0.308 e. The van der Waals surface area contributed by atoms with E-state index in [9.17, 15) is 9.59 Å². The van der Waals surface area contributed by atoms with E-state index in [1.54, 1.807) is 38.1 Å². The van der Waals surface area contributed by atoms with E-state index in [1.807, 2.05) is 30.3 Å². The predicted octanol–water partition coefficient (Wildman–Crippen LogP) is 4.31. The van der Waals surface area contributed by atoms with Crippen LogP contribution in [-0.2, 0) is 14.3 Å². The molecule has 2 rings (SSSR count). The summed E-state index contributed by atoms with van der Waals surface area (Å²) in [4.78, 5) is 24.3. The third-order valence-corrected chi connectivity index (χ3v) is 3.94. The molecule has 0 spiro atoms. The van der Waals surface area contributed by atoms with E-state index in [0.29, 0.717) is 10.8 Å². The highest BCUT2D eigenvalue weighted by Crippen LogP contribution is 2.18. The van der Waals surface area contributed by atoms with E-state index < -0.39 is 6.04 Å². The zero-order valence-corrected chi connectivity index (χ0v) is 16.2. The number of rotatable bonds is 9. The first kappa shape index (κ1) is 20.8. The monoisotopic (exact) mass is 389 g/mol. The average Bonchev–Trinajstić information content (AvgIpc) is 2.63. The summed E-state index contributed by atoms with van der Waals surface area (Å²) >= 11 is 5.83. The fraction of sp³-hybridized carbons (Fsp3) is 0.333. The van der Waals surface area contributed by atoms with E-state index in [2.05, 4.69) is 5.32 Å². The third kappa shape index (κ3) is 7.71. The number of amides is 1.